The van der Waals surface area contributed by atoms with Crippen molar-refractivity contribution in [2.75, 3.05) is 19.5 Å². The third-order valence-electron chi connectivity index (χ3n) is 5.96. The number of rotatable bonds is 6. The summed E-state index contributed by atoms with van der Waals surface area (Å²) < 4.78 is 56.0. The number of halogens is 3. The molecule has 1 aromatic heterocycles. The maximum Gasteiger partial charge on any atom is 0.416 e. The van der Waals surface area contributed by atoms with E-state index in [2.05, 4.69) is 10.3 Å². The number of methoxy groups -OCH3 is 2. The molecule has 0 aliphatic heterocycles. The summed E-state index contributed by atoms with van der Waals surface area (Å²) in [6, 6.07) is 20.3. The number of pyridine rings is 1. The first kappa shape index (κ1) is 24.9. The van der Waals surface area contributed by atoms with E-state index in [0.717, 1.165) is 28.3 Å². The van der Waals surface area contributed by atoms with Gasteiger partial charge >= 0.3 is 6.18 Å². The number of ether oxygens (including phenoxy) is 3. The molecule has 5 aromatic rings. The van der Waals surface area contributed by atoms with E-state index >= 15 is 0 Å². The van der Waals surface area contributed by atoms with Gasteiger partial charge in [0.2, 0.25) is 0 Å². The minimum absolute atomic E-state index is 0.0892. The Bertz CT molecular complexity index is 1670. The number of carbonyl (C=O) groups is 1. The van der Waals surface area contributed by atoms with Crippen molar-refractivity contribution in [2.45, 2.75) is 6.18 Å². The molecular weight excluding hydrogens is 497 g/mol. The van der Waals surface area contributed by atoms with Crippen molar-refractivity contribution in [1.29, 1.82) is 0 Å². The molecular formula is C29H21F3N2O4. The molecule has 0 radical (unpaired) electrons. The summed E-state index contributed by atoms with van der Waals surface area (Å²) in [6.07, 6.45) is -2.90. The molecule has 192 valence electrons. The zero-order valence-corrected chi connectivity index (χ0v) is 20.3. The number of fused-ring (bicyclic) bond motifs is 2. The van der Waals surface area contributed by atoms with Crippen molar-refractivity contribution in [1.82, 2.24) is 4.98 Å². The smallest absolute Gasteiger partial charge is 0.416 e. The van der Waals surface area contributed by atoms with E-state index in [0.29, 0.717) is 34.2 Å². The number of alkyl halides is 3. The van der Waals surface area contributed by atoms with Crippen LogP contribution in [0.5, 0.6) is 23.0 Å². The van der Waals surface area contributed by atoms with Crippen LogP contribution in [-0.2, 0) is 6.18 Å². The van der Waals surface area contributed by atoms with Crippen LogP contribution in [0.4, 0.5) is 18.9 Å². The second-order valence-corrected chi connectivity index (χ2v) is 8.39. The minimum atomic E-state index is -4.53. The first-order chi connectivity index (χ1) is 18.2. The van der Waals surface area contributed by atoms with Crippen molar-refractivity contribution < 1.29 is 32.2 Å². The molecule has 0 spiro atoms. The molecule has 0 saturated carbocycles. The number of anilines is 1. The lowest BCUT2D eigenvalue weighted by atomic mass is 10.1. The fraction of sp³-hybridized carbons (Fsp3) is 0.103. The van der Waals surface area contributed by atoms with Crippen molar-refractivity contribution in [3.8, 4) is 23.0 Å². The van der Waals surface area contributed by atoms with Gasteiger partial charge in [-0.2, -0.15) is 13.2 Å². The highest BCUT2D eigenvalue weighted by Crippen LogP contribution is 2.37. The number of carbonyl (C=O) groups excluding carboxylic acids is 1. The largest absolute Gasteiger partial charge is 0.493 e. The highest BCUT2D eigenvalue weighted by atomic mass is 19.4. The first-order valence-electron chi connectivity index (χ1n) is 11.5. The van der Waals surface area contributed by atoms with Gasteiger partial charge in [-0.25, -0.2) is 0 Å². The van der Waals surface area contributed by atoms with Gasteiger partial charge in [-0.15, -0.1) is 0 Å². The number of hydrogen-bond acceptors (Lipinski definition) is 5. The summed E-state index contributed by atoms with van der Waals surface area (Å²) in [5.41, 5.74) is 0.127. The molecule has 5 rings (SSSR count). The predicted molar refractivity (Wildman–Crippen MR) is 138 cm³/mol. The molecule has 9 heteroatoms. The Morgan fingerprint density at radius 1 is 0.816 bits per heavy atom. The van der Waals surface area contributed by atoms with E-state index in [1.54, 1.807) is 56.8 Å². The second-order valence-electron chi connectivity index (χ2n) is 8.39. The molecule has 4 aromatic carbocycles. The number of aromatic nitrogens is 1. The minimum Gasteiger partial charge on any atom is -0.493 e. The Morgan fingerprint density at radius 2 is 1.58 bits per heavy atom. The normalized spacial score (nSPS) is 11.4. The molecule has 0 aliphatic rings. The van der Waals surface area contributed by atoms with Crippen molar-refractivity contribution in [3.05, 3.63) is 96.2 Å². The lowest BCUT2D eigenvalue weighted by Gasteiger charge is -2.13. The van der Waals surface area contributed by atoms with Crippen LogP contribution in [0.2, 0.25) is 0 Å². The quantitative estimate of drug-likeness (QED) is 0.253. The summed E-state index contributed by atoms with van der Waals surface area (Å²) in [4.78, 5) is 17.0. The van der Waals surface area contributed by atoms with Crippen LogP contribution in [0, 0.1) is 0 Å². The third-order valence-corrected chi connectivity index (χ3v) is 5.96. The van der Waals surface area contributed by atoms with Crippen LogP contribution in [0.25, 0.3) is 21.7 Å². The molecule has 1 heterocycles. The van der Waals surface area contributed by atoms with Gasteiger partial charge in [0.25, 0.3) is 5.91 Å². The van der Waals surface area contributed by atoms with E-state index in [9.17, 15) is 18.0 Å². The van der Waals surface area contributed by atoms with Crippen LogP contribution in [0.3, 0.4) is 0 Å². The summed E-state index contributed by atoms with van der Waals surface area (Å²) in [5, 5.41) is 5.05. The lowest BCUT2D eigenvalue weighted by molar-refractivity contribution is -0.137. The highest BCUT2D eigenvalue weighted by Gasteiger charge is 2.30. The Labute approximate surface area is 215 Å². The summed E-state index contributed by atoms with van der Waals surface area (Å²) in [6.45, 7) is 0. The van der Waals surface area contributed by atoms with Crippen LogP contribution in [0.15, 0.2) is 85.1 Å². The van der Waals surface area contributed by atoms with Gasteiger partial charge in [-0.3, -0.25) is 9.78 Å². The van der Waals surface area contributed by atoms with E-state index < -0.39 is 17.6 Å². The highest BCUT2D eigenvalue weighted by molar-refractivity contribution is 6.05. The Kier molecular flexibility index (Phi) is 6.50. The zero-order valence-electron chi connectivity index (χ0n) is 20.3. The van der Waals surface area contributed by atoms with E-state index in [1.165, 1.54) is 12.1 Å². The first-order valence-corrected chi connectivity index (χ1v) is 11.5. The standard InChI is InChI=1S/C29H21F3N2O4/c1-36-26-15-23-24(16-27(26)37-2)33-11-10-25(23)38-22-9-7-17-6-8-21(13-19(17)14-22)34-28(35)18-4-3-5-20(12-18)29(30,31)32/h3-16H,1-2H3,(H,34,35). The van der Waals surface area contributed by atoms with Gasteiger partial charge in [-0.05, 0) is 65.4 Å². The van der Waals surface area contributed by atoms with Crippen LogP contribution in [-0.4, -0.2) is 25.1 Å². The number of nitrogens with zero attached hydrogens (tertiary/aromatic N) is 1. The van der Waals surface area contributed by atoms with Crippen LogP contribution in [0.1, 0.15) is 15.9 Å². The molecule has 1 N–H and O–H groups in total. The van der Waals surface area contributed by atoms with Gasteiger partial charge in [-0.1, -0.05) is 18.2 Å². The molecule has 0 unspecified atom stereocenters. The average molecular weight is 518 g/mol. The summed E-state index contributed by atoms with van der Waals surface area (Å²) in [7, 11) is 3.10. The van der Waals surface area contributed by atoms with Gasteiger partial charge in [0.15, 0.2) is 11.5 Å². The fourth-order valence-corrected chi connectivity index (χ4v) is 4.07. The number of nitrogens with one attached hydrogen (secondary N) is 1. The predicted octanol–water partition coefficient (Wildman–Crippen LogP) is 7.47. The molecule has 0 bridgehead atoms. The van der Waals surface area contributed by atoms with Gasteiger partial charge in [0, 0.05) is 28.9 Å². The number of benzene rings is 4. The summed E-state index contributed by atoms with van der Waals surface area (Å²) >= 11 is 0. The Morgan fingerprint density at radius 3 is 2.34 bits per heavy atom. The van der Waals surface area contributed by atoms with Gasteiger partial charge < -0.3 is 19.5 Å². The third kappa shape index (κ3) is 5.04. The van der Waals surface area contributed by atoms with E-state index in [-0.39, 0.29) is 5.56 Å². The second kappa shape index (κ2) is 9.93. The molecule has 0 saturated heterocycles. The molecule has 1 amide bonds. The number of hydrogen-bond donors (Lipinski definition) is 1. The van der Waals surface area contributed by atoms with E-state index in [4.69, 9.17) is 14.2 Å². The molecule has 6 nitrogen and oxygen atoms in total. The average Bonchev–Trinajstić information content (AvgIpc) is 2.92. The van der Waals surface area contributed by atoms with Crippen molar-refractivity contribution in [2.24, 2.45) is 0 Å². The molecule has 0 atom stereocenters. The van der Waals surface area contributed by atoms with Crippen molar-refractivity contribution >= 4 is 33.3 Å². The van der Waals surface area contributed by atoms with Gasteiger partial charge in [0.05, 0.1) is 25.3 Å². The Hall–Kier alpha value is -4.79. The molecule has 38 heavy (non-hydrogen) atoms. The monoisotopic (exact) mass is 518 g/mol. The Balaban J connectivity index is 1.42. The zero-order chi connectivity index (χ0) is 26.9. The van der Waals surface area contributed by atoms with Crippen LogP contribution < -0.4 is 19.5 Å². The van der Waals surface area contributed by atoms with Gasteiger partial charge in [0.1, 0.15) is 11.5 Å². The van der Waals surface area contributed by atoms with Crippen molar-refractivity contribution in [3.63, 3.8) is 0 Å². The fourth-order valence-electron chi connectivity index (χ4n) is 4.07. The maximum atomic E-state index is 13.0. The maximum absolute atomic E-state index is 13.0. The number of amides is 1. The van der Waals surface area contributed by atoms with E-state index in [1.807, 2.05) is 18.2 Å². The summed E-state index contributed by atoms with van der Waals surface area (Å²) in [5.74, 6) is 1.55. The lowest BCUT2D eigenvalue weighted by Crippen LogP contribution is -2.13. The van der Waals surface area contributed by atoms with Crippen LogP contribution >= 0.6 is 0 Å². The molecule has 0 aliphatic carbocycles. The SMILES string of the molecule is COc1cc2nccc(Oc3ccc4ccc(NC(=O)c5cccc(C(F)(F)F)c5)cc4c3)c2cc1OC. The molecule has 0 fully saturated rings. The topological polar surface area (TPSA) is 69.7 Å².